The maximum absolute atomic E-state index is 11.4. The Morgan fingerprint density at radius 2 is 2.29 bits per heavy atom. The third-order valence-corrected chi connectivity index (χ3v) is 3.35. The van der Waals surface area contributed by atoms with Crippen LogP contribution in [-0.4, -0.2) is 56.9 Å². The third kappa shape index (κ3) is 2.93. The summed E-state index contributed by atoms with van der Waals surface area (Å²) in [7, 11) is 1.91. The number of hydrogen-bond donors (Lipinski definition) is 2. The number of rotatable bonds is 5. The van der Waals surface area contributed by atoms with Crippen molar-refractivity contribution in [3.63, 3.8) is 0 Å². The van der Waals surface area contributed by atoms with E-state index in [2.05, 4.69) is 25.8 Å². The fraction of sp³-hybridized carbons (Fsp3) is 0.385. The molecule has 8 heteroatoms. The lowest BCUT2D eigenvalue weighted by atomic mass is 10.3. The fourth-order valence-electron chi connectivity index (χ4n) is 2.20. The van der Waals surface area contributed by atoms with Crippen LogP contribution in [0.25, 0.3) is 11.5 Å². The largest absolute Gasteiger partial charge is 0.367 e. The van der Waals surface area contributed by atoms with Crippen LogP contribution >= 0.6 is 0 Å². The first-order valence-corrected chi connectivity index (χ1v) is 6.82. The smallest absolute Gasteiger partial charge is 0.317 e. The molecule has 1 saturated heterocycles. The highest BCUT2D eigenvalue weighted by Gasteiger charge is 2.18. The number of carbonyl (C=O) groups excluding carboxylic acids is 1. The molecule has 110 valence electrons. The van der Waals surface area contributed by atoms with E-state index in [1.165, 1.54) is 0 Å². The molecule has 3 heterocycles. The number of imidazole rings is 1. The molecule has 0 spiro atoms. The van der Waals surface area contributed by atoms with Crippen LogP contribution in [-0.2, 0) is 7.05 Å². The number of nitrogens with one attached hydrogen (secondary N) is 2. The Morgan fingerprint density at radius 3 is 2.90 bits per heavy atom. The molecule has 8 nitrogen and oxygen atoms in total. The van der Waals surface area contributed by atoms with Gasteiger partial charge in [0.05, 0.1) is 0 Å². The Bertz CT molecular complexity index is 622. The van der Waals surface area contributed by atoms with Gasteiger partial charge in [-0.15, -0.1) is 10.2 Å². The van der Waals surface area contributed by atoms with Crippen molar-refractivity contribution < 1.29 is 4.79 Å². The second kappa shape index (κ2) is 5.78. The zero-order valence-corrected chi connectivity index (χ0v) is 11.8. The van der Waals surface area contributed by atoms with Crippen LogP contribution in [0.2, 0.25) is 0 Å². The zero-order valence-electron chi connectivity index (χ0n) is 11.8. The molecule has 3 rings (SSSR count). The van der Waals surface area contributed by atoms with Crippen LogP contribution in [0.5, 0.6) is 0 Å². The maximum Gasteiger partial charge on any atom is 0.317 e. The first-order chi connectivity index (χ1) is 10.2. The maximum atomic E-state index is 11.4. The quantitative estimate of drug-likeness (QED) is 0.826. The number of aryl methyl sites for hydroxylation is 1. The summed E-state index contributed by atoms with van der Waals surface area (Å²) in [5.41, 5.74) is 0.729. The fourth-order valence-corrected chi connectivity index (χ4v) is 2.20. The van der Waals surface area contributed by atoms with Crippen molar-refractivity contribution in [1.82, 2.24) is 30.0 Å². The lowest BCUT2D eigenvalue weighted by Gasteiger charge is -2.14. The molecule has 0 radical (unpaired) electrons. The van der Waals surface area contributed by atoms with Crippen molar-refractivity contribution in [3.05, 3.63) is 24.5 Å². The van der Waals surface area contributed by atoms with Crippen LogP contribution in [0.1, 0.15) is 0 Å². The monoisotopic (exact) mass is 287 g/mol. The van der Waals surface area contributed by atoms with Crippen molar-refractivity contribution in [1.29, 1.82) is 0 Å². The number of amides is 2. The van der Waals surface area contributed by atoms with Gasteiger partial charge in [-0.3, -0.25) is 0 Å². The summed E-state index contributed by atoms with van der Waals surface area (Å²) in [4.78, 5) is 17.4. The summed E-state index contributed by atoms with van der Waals surface area (Å²) in [5.74, 6) is 1.47. The van der Waals surface area contributed by atoms with Gasteiger partial charge in [-0.25, -0.2) is 9.78 Å². The van der Waals surface area contributed by atoms with Crippen LogP contribution < -0.4 is 10.6 Å². The molecule has 0 saturated carbocycles. The predicted octanol–water partition coefficient (Wildman–Crippen LogP) is 0.314. The van der Waals surface area contributed by atoms with E-state index in [1.54, 1.807) is 11.1 Å². The minimum Gasteiger partial charge on any atom is -0.367 e. The number of hydrogen-bond acceptors (Lipinski definition) is 5. The number of nitrogens with zero attached hydrogens (tertiary/aromatic N) is 5. The Labute approximate surface area is 122 Å². The topological polar surface area (TPSA) is 88.0 Å². The van der Waals surface area contributed by atoms with Gasteiger partial charge in [-0.2, -0.15) is 0 Å². The molecule has 0 unspecified atom stereocenters. The van der Waals surface area contributed by atoms with E-state index >= 15 is 0 Å². The normalized spacial score (nSPS) is 14.3. The van der Waals surface area contributed by atoms with Crippen LogP contribution in [0.15, 0.2) is 24.5 Å². The van der Waals surface area contributed by atoms with Crippen LogP contribution in [0, 0.1) is 0 Å². The average molecular weight is 287 g/mol. The summed E-state index contributed by atoms with van der Waals surface area (Å²) in [6.45, 7) is 2.76. The number of anilines is 1. The van der Waals surface area contributed by atoms with E-state index in [-0.39, 0.29) is 6.03 Å². The highest BCUT2D eigenvalue weighted by atomic mass is 16.2. The van der Waals surface area contributed by atoms with Gasteiger partial charge < -0.3 is 20.1 Å². The number of carbonyl (C=O) groups is 1. The lowest BCUT2D eigenvalue weighted by Crippen LogP contribution is -2.32. The molecule has 2 aromatic rings. The Morgan fingerprint density at radius 1 is 1.38 bits per heavy atom. The number of aromatic nitrogens is 4. The second-order valence-electron chi connectivity index (χ2n) is 4.81. The molecular weight excluding hydrogens is 270 g/mol. The highest BCUT2D eigenvalue weighted by Crippen LogP contribution is 2.13. The van der Waals surface area contributed by atoms with Crippen molar-refractivity contribution in [2.24, 2.45) is 7.05 Å². The molecule has 2 aromatic heterocycles. The molecule has 0 atom stereocenters. The molecule has 1 fully saturated rings. The highest BCUT2D eigenvalue weighted by molar-refractivity contribution is 5.76. The van der Waals surface area contributed by atoms with Gasteiger partial charge in [0.15, 0.2) is 5.82 Å². The van der Waals surface area contributed by atoms with E-state index in [0.29, 0.717) is 18.9 Å². The van der Waals surface area contributed by atoms with Crippen LogP contribution in [0.3, 0.4) is 0 Å². The lowest BCUT2D eigenvalue weighted by molar-refractivity contribution is 0.219. The van der Waals surface area contributed by atoms with Gasteiger partial charge in [0.2, 0.25) is 0 Å². The third-order valence-electron chi connectivity index (χ3n) is 3.35. The van der Waals surface area contributed by atoms with Gasteiger partial charge >= 0.3 is 6.03 Å². The molecule has 21 heavy (non-hydrogen) atoms. The first kappa shape index (κ1) is 13.3. The molecule has 0 aromatic carbocycles. The van der Waals surface area contributed by atoms with Crippen LogP contribution in [0.4, 0.5) is 10.6 Å². The van der Waals surface area contributed by atoms with Gasteiger partial charge in [0, 0.05) is 45.6 Å². The van der Waals surface area contributed by atoms with E-state index in [4.69, 9.17) is 0 Å². The van der Waals surface area contributed by atoms with Crippen molar-refractivity contribution >= 4 is 11.8 Å². The SMILES string of the molecule is Cn1ccnc1-c1ccc(NCCN2CCNC2=O)nn1. The van der Waals surface area contributed by atoms with Crippen molar-refractivity contribution in [2.45, 2.75) is 0 Å². The van der Waals surface area contributed by atoms with Crippen molar-refractivity contribution in [3.8, 4) is 11.5 Å². The minimum absolute atomic E-state index is 0.00647. The second-order valence-corrected chi connectivity index (χ2v) is 4.81. The van der Waals surface area contributed by atoms with Gasteiger partial charge in [0.25, 0.3) is 0 Å². The Hall–Kier alpha value is -2.64. The molecule has 2 amide bonds. The Balaban J connectivity index is 1.55. The minimum atomic E-state index is -0.00647. The number of urea groups is 1. The average Bonchev–Trinajstić information content (AvgIpc) is 3.09. The summed E-state index contributed by atoms with van der Waals surface area (Å²) >= 11 is 0. The summed E-state index contributed by atoms with van der Waals surface area (Å²) in [6.07, 6.45) is 3.59. The van der Waals surface area contributed by atoms with E-state index in [0.717, 1.165) is 24.6 Å². The summed E-state index contributed by atoms with van der Waals surface area (Å²) < 4.78 is 1.89. The molecule has 2 N–H and O–H groups in total. The Kier molecular flexibility index (Phi) is 3.67. The molecule has 0 aliphatic carbocycles. The van der Waals surface area contributed by atoms with Gasteiger partial charge in [-0.1, -0.05) is 0 Å². The van der Waals surface area contributed by atoms with Crippen molar-refractivity contribution in [2.75, 3.05) is 31.5 Å². The predicted molar refractivity (Wildman–Crippen MR) is 77.7 cm³/mol. The van der Waals surface area contributed by atoms with E-state index in [1.807, 2.05) is 29.9 Å². The van der Waals surface area contributed by atoms with Gasteiger partial charge in [-0.05, 0) is 12.1 Å². The molecule has 1 aliphatic heterocycles. The summed E-state index contributed by atoms with van der Waals surface area (Å²) in [6, 6.07) is 3.73. The molecular formula is C13H17N7O. The van der Waals surface area contributed by atoms with E-state index in [9.17, 15) is 4.79 Å². The molecule has 1 aliphatic rings. The van der Waals surface area contributed by atoms with E-state index < -0.39 is 0 Å². The zero-order chi connectivity index (χ0) is 14.7. The summed E-state index contributed by atoms with van der Waals surface area (Å²) in [5, 5.41) is 14.2. The standard InChI is InChI=1S/C13H17N7O/c1-19-7-4-15-12(19)10-2-3-11(18-17-10)14-5-8-20-9-6-16-13(20)21/h2-4,7H,5-6,8-9H2,1H3,(H,14,18)(H,16,21). The first-order valence-electron chi connectivity index (χ1n) is 6.82. The molecule has 0 bridgehead atoms. The van der Waals surface area contributed by atoms with Gasteiger partial charge in [0.1, 0.15) is 11.5 Å².